The smallest absolute Gasteiger partial charge is 0.237 e. The maximum atomic E-state index is 12.0. The van der Waals surface area contributed by atoms with Gasteiger partial charge < -0.3 is 11.1 Å². The van der Waals surface area contributed by atoms with E-state index in [4.69, 9.17) is 17.3 Å². The van der Waals surface area contributed by atoms with Crippen molar-refractivity contribution in [3.05, 3.63) is 70.7 Å². The van der Waals surface area contributed by atoms with Crippen LogP contribution in [-0.2, 0) is 17.8 Å². The molecule has 2 rings (SSSR count). The summed E-state index contributed by atoms with van der Waals surface area (Å²) in [5.74, 6) is -0.172. The Labute approximate surface area is 123 Å². The molecule has 0 radical (unpaired) electrons. The van der Waals surface area contributed by atoms with E-state index in [1.165, 1.54) is 0 Å². The number of nitrogens with two attached hydrogens (primary N) is 1. The van der Waals surface area contributed by atoms with Gasteiger partial charge in [0, 0.05) is 11.6 Å². The van der Waals surface area contributed by atoms with Crippen LogP contribution < -0.4 is 11.1 Å². The number of hydrogen-bond acceptors (Lipinski definition) is 2. The number of benzene rings is 2. The van der Waals surface area contributed by atoms with Crippen molar-refractivity contribution in [3.63, 3.8) is 0 Å². The van der Waals surface area contributed by atoms with Gasteiger partial charge in [0.2, 0.25) is 5.91 Å². The van der Waals surface area contributed by atoms with Crippen LogP contribution in [0.3, 0.4) is 0 Å². The van der Waals surface area contributed by atoms with E-state index in [0.29, 0.717) is 18.0 Å². The quantitative estimate of drug-likeness (QED) is 0.888. The summed E-state index contributed by atoms with van der Waals surface area (Å²) in [6, 6.07) is 16.6. The minimum Gasteiger partial charge on any atom is -0.351 e. The van der Waals surface area contributed by atoms with E-state index in [9.17, 15) is 4.79 Å². The van der Waals surface area contributed by atoms with Gasteiger partial charge in [-0.3, -0.25) is 4.79 Å². The monoisotopic (exact) mass is 288 g/mol. The third kappa shape index (κ3) is 4.08. The normalized spacial score (nSPS) is 11.9. The van der Waals surface area contributed by atoms with Crippen molar-refractivity contribution in [1.82, 2.24) is 5.32 Å². The second kappa shape index (κ2) is 7.08. The van der Waals surface area contributed by atoms with E-state index in [2.05, 4.69) is 5.32 Å². The number of halogens is 1. The molecule has 1 amide bonds. The number of amides is 1. The lowest BCUT2D eigenvalue weighted by Gasteiger charge is -2.13. The Morgan fingerprint density at radius 2 is 1.75 bits per heavy atom. The Bertz CT molecular complexity index is 572. The van der Waals surface area contributed by atoms with Gasteiger partial charge in [0.15, 0.2) is 0 Å². The number of hydrogen-bond donors (Lipinski definition) is 2. The van der Waals surface area contributed by atoms with E-state index in [1.807, 2.05) is 48.5 Å². The summed E-state index contributed by atoms with van der Waals surface area (Å²) in [6.07, 6.45) is 0.523. The highest BCUT2D eigenvalue weighted by Crippen LogP contribution is 2.14. The zero-order chi connectivity index (χ0) is 14.4. The largest absolute Gasteiger partial charge is 0.351 e. The lowest BCUT2D eigenvalue weighted by molar-refractivity contribution is -0.122. The van der Waals surface area contributed by atoms with Crippen LogP contribution in [0.25, 0.3) is 0 Å². The average molecular weight is 289 g/mol. The highest BCUT2D eigenvalue weighted by atomic mass is 35.5. The van der Waals surface area contributed by atoms with Crippen LogP contribution in [0.1, 0.15) is 11.1 Å². The van der Waals surface area contributed by atoms with Crippen LogP contribution in [0.2, 0.25) is 5.02 Å². The molecule has 0 spiro atoms. The van der Waals surface area contributed by atoms with Crippen LogP contribution in [0, 0.1) is 0 Å². The van der Waals surface area contributed by atoms with Crippen molar-refractivity contribution >= 4 is 17.5 Å². The summed E-state index contributed by atoms with van der Waals surface area (Å²) in [7, 11) is 0. The topological polar surface area (TPSA) is 55.1 Å². The van der Waals surface area contributed by atoms with E-state index in [0.717, 1.165) is 11.1 Å². The molecule has 2 aromatic rings. The molecule has 3 nitrogen and oxygen atoms in total. The molecular weight excluding hydrogens is 272 g/mol. The highest BCUT2D eigenvalue weighted by molar-refractivity contribution is 6.31. The SMILES string of the molecule is N[C@@H](Cc1ccccc1)C(=O)NCc1ccccc1Cl. The van der Waals surface area contributed by atoms with Crippen molar-refractivity contribution in [2.75, 3.05) is 0 Å². The highest BCUT2D eigenvalue weighted by Gasteiger charge is 2.13. The maximum Gasteiger partial charge on any atom is 0.237 e. The van der Waals surface area contributed by atoms with Gasteiger partial charge in [-0.15, -0.1) is 0 Å². The van der Waals surface area contributed by atoms with Crippen LogP contribution >= 0.6 is 11.6 Å². The van der Waals surface area contributed by atoms with Crippen LogP contribution in [0.15, 0.2) is 54.6 Å². The van der Waals surface area contributed by atoms with Crippen LogP contribution in [-0.4, -0.2) is 11.9 Å². The number of nitrogens with one attached hydrogen (secondary N) is 1. The van der Waals surface area contributed by atoms with Gasteiger partial charge in [0.1, 0.15) is 0 Å². The molecule has 0 heterocycles. The molecule has 0 fully saturated rings. The molecule has 0 saturated heterocycles. The van der Waals surface area contributed by atoms with E-state index in [1.54, 1.807) is 6.07 Å². The van der Waals surface area contributed by atoms with Crippen molar-refractivity contribution in [1.29, 1.82) is 0 Å². The Kier molecular flexibility index (Phi) is 5.16. The molecular formula is C16H17ClN2O. The number of rotatable bonds is 5. The van der Waals surface area contributed by atoms with Gasteiger partial charge in [0.25, 0.3) is 0 Å². The van der Waals surface area contributed by atoms with Crippen LogP contribution in [0.5, 0.6) is 0 Å². The Morgan fingerprint density at radius 3 is 2.45 bits per heavy atom. The van der Waals surface area contributed by atoms with Crippen molar-refractivity contribution in [2.24, 2.45) is 5.73 Å². The first kappa shape index (κ1) is 14.6. The summed E-state index contributed by atoms with van der Waals surface area (Å²) >= 11 is 6.03. The first-order chi connectivity index (χ1) is 9.66. The predicted octanol–water partition coefficient (Wildman–Crippen LogP) is 2.53. The zero-order valence-electron chi connectivity index (χ0n) is 11.1. The van der Waals surface area contributed by atoms with Crippen molar-refractivity contribution in [3.8, 4) is 0 Å². The minimum absolute atomic E-state index is 0.172. The second-order valence-electron chi connectivity index (χ2n) is 4.61. The molecule has 0 unspecified atom stereocenters. The molecule has 4 heteroatoms. The summed E-state index contributed by atoms with van der Waals surface area (Å²) < 4.78 is 0. The van der Waals surface area contributed by atoms with E-state index < -0.39 is 6.04 Å². The Hall–Kier alpha value is -1.84. The van der Waals surface area contributed by atoms with Crippen molar-refractivity contribution in [2.45, 2.75) is 19.0 Å². The molecule has 0 aliphatic carbocycles. The zero-order valence-corrected chi connectivity index (χ0v) is 11.8. The van der Waals surface area contributed by atoms with Crippen LogP contribution in [0.4, 0.5) is 0 Å². The molecule has 1 atom stereocenters. The van der Waals surface area contributed by atoms with E-state index >= 15 is 0 Å². The Morgan fingerprint density at radius 1 is 1.10 bits per heavy atom. The standard InChI is InChI=1S/C16H17ClN2O/c17-14-9-5-4-8-13(14)11-19-16(20)15(18)10-12-6-2-1-3-7-12/h1-9,15H,10-11,18H2,(H,19,20)/t15-/m0/s1. The third-order valence-electron chi connectivity index (χ3n) is 3.05. The molecule has 0 bridgehead atoms. The lowest BCUT2D eigenvalue weighted by atomic mass is 10.1. The second-order valence-corrected chi connectivity index (χ2v) is 5.01. The first-order valence-electron chi connectivity index (χ1n) is 6.47. The molecule has 3 N–H and O–H groups in total. The predicted molar refractivity (Wildman–Crippen MR) is 81.4 cm³/mol. The fourth-order valence-electron chi connectivity index (χ4n) is 1.92. The summed E-state index contributed by atoms with van der Waals surface area (Å²) in [4.78, 5) is 12.0. The molecule has 0 saturated carbocycles. The average Bonchev–Trinajstić information content (AvgIpc) is 2.47. The fraction of sp³-hybridized carbons (Fsp3) is 0.188. The fourth-order valence-corrected chi connectivity index (χ4v) is 2.12. The van der Waals surface area contributed by atoms with Gasteiger partial charge in [-0.25, -0.2) is 0 Å². The lowest BCUT2D eigenvalue weighted by Crippen LogP contribution is -2.41. The molecule has 0 aliphatic heterocycles. The number of carbonyl (C=O) groups excluding carboxylic acids is 1. The number of carbonyl (C=O) groups is 1. The molecule has 20 heavy (non-hydrogen) atoms. The maximum absolute atomic E-state index is 12.0. The minimum atomic E-state index is -0.556. The van der Waals surface area contributed by atoms with Gasteiger partial charge in [-0.05, 0) is 23.6 Å². The summed E-state index contributed by atoms with van der Waals surface area (Å²) in [5, 5.41) is 3.45. The van der Waals surface area contributed by atoms with Gasteiger partial charge in [0.05, 0.1) is 6.04 Å². The molecule has 104 valence electrons. The third-order valence-corrected chi connectivity index (χ3v) is 3.41. The molecule has 0 aliphatic rings. The van der Waals surface area contributed by atoms with Gasteiger partial charge >= 0.3 is 0 Å². The van der Waals surface area contributed by atoms with Gasteiger partial charge in [-0.1, -0.05) is 60.1 Å². The molecule has 0 aromatic heterocycles. The summed E-state index contributed by atoms with van der Waals surface area (Å²) in [6.45, 7) is 0.390. The van der Waals surface area contributed by atoms with E-state index in [-0.39, 0.29) is 5.91 Å². The van der Waals surface area contributed by atoms with Crippen molar-refractivity contribution < 1.29 is 4.79 Å². The van der Waals surface area contributed by atoms with Gasteiger partial charge in [-0.2, -0.15) is 0 Å². The first-order valence-corrected chi connectivity index (χ1v) is 6.85. The molecule has 2 aromatic carbocycles. The summed E-state index contributed by atoms with van der Waals surface area (Å²) in [5.41, 5.74) is 7.84. The Balaban J connectivity index is 1.87.